The smallest absolute Gasteiger partial charge is 0.325 e. The van der Waals surface area contributed by atoms with Crippen molar-refractivity contribution in [2.75, 3.05) is 20.2 Å². The van der Waals surface area contributed by atoms with Gasteiger partial charge in [0.25, 0.3) is 11.8 Å². The number of hydrogen-bond donors (Lipinski definition) is 1. The Balaban J connectivity index is 1.42. The van der Waals surface area contributed by atoms with Gasteiger partial charge in [-0.05, 0) is 42.7 Å². The SMILES string of the molecule is COc1ccc(C(=O)N2CCC3(CC2)NC(=O)N(Cc2ccccc2)C3=O)cc1. The number of ether oxygens (including phenoxy) is 1. The van der Waals surface area contributed by atoms with Crippen molar-refractivity contribution in [3.05, 3.63) is 65.7 Å². The number of carbonyl (C=O) groups excluding carboxylic acids is 3. The first kappa shape index (κ1) is 19.0. The summed E-state index contributed by atoms with van der Waals surface area (Å²) in [6, 6.07) is 16.0. The van der Waals surface area contributed by atoms with Crippen LogP contribution < -0.4 is 10.1 Å². The minimum atomic E-state index is -0.914. The molecule has 7 heteroatoms. The van der Waals surface area contributed by atoms with Gasteiger partial charge in [0.05, 0.1) is 13.7 Å². The van der Waals surface area contributed by atoms with Crippen molar-refractivity contribution >= 4 is 17.8 Å². The number of imide groups is 1. The number of carbonyl (C=O) groups is 3. The Morgan fingerprint density at radius 1 is 1.03 bits per heavy atom. The van der Waals surface area contributed by atoms with Gasteiger partial charge < -0.3 is 15.0 Å². The molecule has 0 unspecified atom stereocenters. The number of rotatable bonds is 4. The number of amides is 4. The molecule has 2 aliphatic heterocycles. The minimum absolute atomic E-state index is 0.0829. The summed E-state index contributed by atoms with van der Waals surface area (Å²) in [6.07, 6.45) is 0.815. The van der Waals surface area contributed by atoms with E-state index in [0.717, 1.165) is 5.56 Å². The maximum Gasteiger partial charge on any atom is 0.325 e. The second-order valence-electron chi connectivity index (χ2n) is 7.41. The lowest BCUT2D eigenvalue weighted by Crippen LogP contribution is -2.55. The van der Waals surface area contributed by atoms with Crippen molar-refractivity contribution < 1.29 is 19.1 Å². The molecule has 2 heterocycles. The van der Waals surface area contributed by atoms with E-state index >= 15 is 0 Å². The Kier molecular flexibility index (Phi) is 4.96. The average Bonchev–Trinajstić information content (AvgIpc) is 2.98. The summed E-state index contributed by atoms with van der Waals surface area (Å²) in [5.74, 6) is 0.403. The van der Waals surface area contributed by atoms with Gasteiger partial charge in [-0.25, -0.2) is 4.79 Å². The molecule has 1 N–H and O–H groups in total. The van der Waals surface area contributed by atoms with Crippen molar-refractivity contribution in [3.63, 3.8) is 0 Å². The van der Waals surface area contributed by atoms with Crippen molar-refractivity contribution in [2.45, 2.75) is 24.9 Å². The van der Waals surface area contributed by atoms with Crippen LogP contribution in [0.25, 0.3) is 0 Å². The zero-order chi connectivity index (χ0) is 20.4. The molecule has 0 saturated carbocycles. The zero-order valence-electron chi connectivity index (χ0n) is 16.3. The van der Waals surface area contributed by atoms with Gasteiger partial charge in [0.15, 0.2) is 0 Å². The van der Waals surface area contributed by atoms with E-state index in [0.29, 0.717) is 37.2 Å². The lowest BCUT2D eigenvalue weighted by atomic mass is 9.87. The second kappa shape index (κ2) is 7.58. The molecular weight excluding hydrogens is 370 g/mol. The first-order chi connectivity index (χ1) is 14.0. The molecule has 29 heavy (non-hydrogen) atoms. The number of urea groups is 1. The topological polar surface area (TPSA) is 79.0 Å². The quantitative estimate of drug-likeness (QED) is 0.810. The van der Waals surface area contributed by atoms with Gasteiger partial charge in [0.1, 0.15) is 11.3 Å². The van der Waals surface area contributed by atoms with Gasteiger partial charge in [-0.2, -0.15) is 0 Å². The van der Waals surface area contributed by atoms with E-state index in [1.54, 1.807) is 36.3 Å². The van der Waals surface area contributed by atoms with E-state index < -0.39 is 5.54 Å². The van der Waals surface area contributed by atoms with Crippen LogP contribution in [-0.2, 0) is 11.3 Å². The highest BCUT2D eigenvalue weighted by Gasteiger charge is 2.52. The molecule has 2 aromatic rings. The highest BCUT2D eigenvalue weighted by Crippen LogP contribution is 2.31. The Hall–Kier alpha value is -3.35. The van der Waals surface area contributed by atoms with Crippen molar-refractivity contribution in [1.29, 1.82) is 0 Å². The number of hydrogen-bond acceptors (Lipinski definition) is 4. The van der Waals surface area contributed by atoms with Gasteiger partial charge in [-0.1, -0.05) is 30.3 Å². The summed E-state index contributed by atoms with van der Waals surface area (Å²) >= 11 is 0. The Bertz CT molecular complexity index is 919. The van der Waals surface area contributed by atoms with Crippen LogP contribution in [0.5, 0.6) is 5.75 Å². The Morgan fingerprint density at radius 2 is 1.69 bits per heavy atom. The molecule has 2 aliphatic rings. The number of nitrogens with zero attached hydrogens (tertiary/aromatic N) is 2. The number of likely N-dealkylation sites (tertiary alicyclic amines) is 1. The van der Waals surface area contributed by atoms with E-state index in [2.05, 4.69) is 5.32 Å². The fraction of sp³-hybridized carbons (Fsp3) is 0.318. The summed E-state index contributed by atoms with van der Waals surface area (Å²) in [7, 11) is 1.58. The fourth-order valence-electron chi connectivity index (χ4n) is 3.93. The van der Waals surface area contributed by atoms with Crippen LogP contribution in [0.2, 0.25) is 0 Å². The molecule has 150 valence electrons. The van der Waals surface area contributed by atoms with Crippen molar-refractivity contribution in [3.8, 4) is 5.75 Å². The molecule has 4 amide bonds. The third-order valence-electron chi connectivity index (χ3n) is 5.67. The maximum atomic E-state index is 13.0. The Morgan fingerprint density at radius 3 is 2.31 bits per heavy atom. The summed E-state index contributed by atoms with van der Waals surface area (Å²) in [6.45, 7) is 1.08. The average molecular weight is 393 g/mol. The van der Waals surface area contributed by atoms with Gasteiger partial charge >= 0.3 is 6.03 Å². The third-order valence-corrected chi connectivity index (χ3v) is 5.67. The molecule has 2 saturated heterocycles. The van der Waals surface area contributed by atoms with Crippen LogP contribution in [0.15, 0.2) is 54.6 Å². The molecule has 0 radical (unpaired) electrons. The van der Waals surface area contributed by atoms with E-state index in [1.165, 1.54) is 4.90 Å². The molecule has 0 atom stereocenters. The lowest BCUT2D eigenvalue weighted by molar-refractivity contribution is -0.133. The zero-order valence-corrected chi connectivity index (χ0v) is 16.3. The number of methoxy groups -OCH3 is 1. The normalized spacial score (nSPS) is 18.1. The van der Waals surface area contributed by atoms with Gasteiger partial charge in [0.2, 0.25) is 0 Å². The summed E-state index contributed by atoms with van der Waals surface area (Å²) in [4.78, 5) is 41.3. The van der Waals surface area contributed by atoms with Crippen LogP contribution in [0.1, 0.15) is 28.8 Å². The predicted molar refractivity (Wildman–Crippen MR) is 106 cm³/mol. The number of piperidine rings is 1. The molecule has 2 fully saturated rings. The first-order valence-corrected chi connectivity index (χ1v) is 9.64. The Labute approximate surface area is 169 Å². The van der Waals surface area contributed by atoms with Crippen molar-refractivity contribution in [1.82, 2.24) is 15.1 Å². The number of benzene rings is 2. The highest BCUT2D eigenvalue weighted by molar-refractivity contribution is 6.07. The molecular formula is C22H23N3O4. The first-order valence-electron chi connectivity index (χ1n) is 9.64. The van der Waals surface area contributed by atoms with Gasteiger partial charge in [-0.15, -0.1) is 0 Å². The van der Waals surface area contributed by atoms with Crippen LogP contribution in [-0.4, -0.2) is 53.4 Å². The largest absolute Gasteiger partial charge is 0.497 e. The molecule has 0 aliphatic carbocycles. The fourth-order valence-corrected chi connectivity index (χ4v) is 3.93. The molecule has 4 rings (SSSR count). The molecule has 0 bridgehead atoms. The summed E-state index contributed by atoms with van der Waals surface area (Å²) in [5.41, 5.74) is 0.567. The second-order valence-corrected chi connectivity index (χ2v) is 7.41. The lowest BCUT2D eigenvalue weighted by Gasteiger charge is -2.37. The van der Waals surface area contributed by atoms with Crippen LogP contribution >= 0.6 is 0 Å². The molecule has 7 nitrogen and oxygen atoms in total. The van der Waals surface area contributed by atoms with Crippen LogP contribution in [0.3, 0.4) is 0 Å². The predicted octanol–water partition coefficient (Wildman–Crippen LogP) is 2.42. The summed E-state index contributed by atoms with van der Waals surface area (Å²) in [5, 5.41) is 2.89. The summed E-state index contributed by atoms with van der Waals surface area (Å²) < 4.78 is 5.12. The van der Waals surface area contributed by atoms with E-state index in [4.69, 9.17) is 4.74 Å². The molecule has 2 aromatic carbocycles. The number of nitrogens with one attached hydrogen (secondary N) is 1. The van der Waals surface area contributed by atoms with E-state index in [-0.39, 0.29) is 24.4 Å². The monoisotopic (exact) mass is 393 g/mol. The molecule has 1 spiro atoms. The van der Waals surface area contributed by atoms with Crippen LogP contribution in [0.4, 0.5) is 4.79 Å². The maximum absolute atomic E-state index is 13.0. The highest BCUT2D eigenvalue weighted by atomic mass is 16.5. The minimum Gasteiger partial charge on any atom is -0.497 e. The van der Waals surface area contributed by atoms with Gasteiger partial charge in [-0.3, -0.25) is 14.5 Å². The standard InChI is InChI=1S/C22H23N3O4/c1-29-18-9-7-17(8-10-18)19(26)24-13-11-22(12-14-24)20(27)25(21(28)23-22)15-16-5-3-2-4-6-16/h2-10H,11-15H2,1H3,(H,23,28). The van der Waals surface area contributed by atoms with Crippen molar-refractivity contribution in [2.24, 2.45) is 0 Å². The van der Waals surface area contributed by atoms with Gasteiger partial charge in [0, 0.05) is 18.7 Å². The van der Waals surface area contributed by atoms with E-state index in [9.17, 15) is 14.4 Å². The van der Waals surface area contributed by atoms with E-state index in [1.807, 2.05) is 30.3 Å². The molecule has 0 aromatic heterocycles. The third kappa shape index (κ3) is 3.55. The van der Waals surface area contributed by atoms with Crippen LogP contribution in [0, 0.1) is 0 Å².